The van der Waals surface area contributed by atoms with Gasteiger partial charge in [-0.25, -0.2) is 9.59 Å². The van der Waals surface area contributed by atoms with Crippen molar-refractivity contribution in [1.82, 2.24) is 14.7 Å². The number of aromatic carboxylic acids is 1. The number of benzene rings is 1. The largest absolute Gasteiger partial charge is 0.478 e. The van der Waals surface area contributed by atoms with E-state index in [0.29, 0.717) is 18.6 Å². The molecule has 1 amide bonds. The SMILES string of the molecule is Cn1cc2c(N3CCC4(CCN4C(=O)OC(C)(C)C)C3)ccc(C(=O)O)c2n1. The van der Waals surface area contributed by atoms with Crippen LogP contribution in [0.15, 0.2) is 18.3 Å². The standard InChI is InChI=1S/C20H26N4O4/c1-19(2,3)28-18(27)24-10-8-20(24)7-9-23(12-20)15-6-5-13(17(25)26)16-14(15)11-22(4)21-16/h5-6,11H,7-10,12H2,1-4H3,(H,25,26). The summed E-state index contributed by atoms with van der Waals surface area (Å²) in [6.45, 7) is 7.85. The molecule has 2 aromatic rings. The zero-order chi connectivity index (χ0) is 20.3. The molecule has 28 heavy (non-hydrogen) atoms. The van der Waals surface area contributed by atoms with E-state index >= 15 is 0 Å². The Morgan fingerprint density at radius 1 is 1.21 bits per heavy atom. The van der Waals surface area contributed by atoms with Crippen LogP contribution in [0.4, 0.5) is 10.5 Å². The van der Waals surface area contributed by atoms with E-state index in [1.54, 1.807) is 17.8 Å². The number of amides is 1. The van der Waals surface area contributed by atoms with Crippen molar-refractivity contribution < 1.29 is 19.4 Å². The van der Waals surface area contributed by atoms with E-state index in [-0.39, 0.29) is 17.2 Å². The Balaban J connectivity index is 1.61. The van der Waals surface area contributed by atoms with Gasteiger partial charge in [0.15, 0.2) is 0 Å². The summed E-state index contributed by atoms with van der Waals surface area (Å²) >= 11 is 0. The van der Waals surface area contributed by atoms with Crippen LogP contribution in [-0.2, 0) is 11.8 Å². The summed E-state index contributed by atoms with van der Waals surface area (Å²) in [5, 5.41) is 14.6. The predicted octanol–water partition coefficient (Wildman–Crippen LogP) is 2.86. The van der Waals surface area contributed by atoms with E-state index in [9.17, 15) is 14.7 Å². The predicted molar refractivity (Wildman–Crippen MR) is 105 cm³/mol. The lowest BCUT2D eigenvalue weighted by Gasteiger charge is -2.50. The lowest BCUT2D eigenvalue weighted by molar-refractivity contribution is -0.0362. The van der Waals surface area contributed by atoms with Crippen LogP contribution in [0.2, 0.25) is 0 Å². The molecule has 4 rings (SSSR count). The summed E-state index contributed by atoms with van der Waals surface area (Å²) in [6.07, 6.45) is 3.42. The number of carboxylic acids is 1. The third-order valence-corrected chi connectivity index (χ3v) is 5.66. The molecular formula is C20H26N4O4. The minimum absolute atomic E-state index is 0.201. The van der Waals surface area contributed by atoms with Crippen molar-refractivity contribution in [2.75, 3.05) is 24.5 Å². The third kappa shape index (κ3) is 2.96. The number of hydrogen-bond acceptors (Lipinski definition) is 5. The van der Waals surface area contributed by atoms with Gasteiger partial charge >= 0.3 is 12.1 Å². The number of ether oxygens (including phenoxy) is 1. The van der Waals surface area contributed by atoms with Crippen molar-refractivity contribution in [3.63, 3.8) is 0 Å². The fraction of sp³-hybridized carbons (Fsp3) is 0.550. The summed E-state index contributed by atoms with van der Waals surface area (Å²) in [4.78, 5) is 28.2. The van der Waals surface area contributed by atoms with Crippen LogP contribution >= 0.6 is 0 Å². The molecule has 0 radical (unpaired) electrons. The highest BCUT2D eigenvalue weighted by Gasteiger charge is 2.52. The lowest BCUT2D eigenvalue weighted by atomic mass is 9.84. The molecule has 0 saturated carbocycles. The molecular weight excluding hydrogens is 360 g/mol. The number of hydrogen-bond donors (Lipinski definition) is 1. The Hall–Kier alpha value is -2.77. The average molecular weight is 386 g/mol. The van der Waals surface area contributed by atoms with Gasteiger partial charge in [-0.05, 0) is 45.7 Å². The molecule has 8 nitrogen and oxygen atoms in total. The van der Waals surface area contributed by atoms with E-state index in [4.69, 9.17) is 4.74 Å². The molecule has 1 unspecified atom stereocenters. The molecule has 2 fully saturated rings. The fourth-order valence-electron chi connectivity index (χ4n) is 4.28. The second-order valence-electron chi connectivity index (χ2n) is 8.78. The Kier molecular flexibility index (Phi) is 4.06. The summed E-state index contributed by atoms with van der Waals surface area (Å²) in [7, 11) is 1.79. The summed E-state index contributed by atoms with van der Waals surface area (Å²) < 4.78 is 7.22. The Bertz CT molecular complexity index is 961. The molecule has 1 aromatic carbocycles. The first-order chi connectivity index (χ1) is 13.1. The van der Waals surface area contributed by atoms with Gasteiger partial charge in [-0.1, -0.05) is 0 Å². The van der Waals surface area contributed by atoms with E-state index in [1.165, 1.54) is 0 Å². The number of likely N-dealkylation sites (tertiary alicyclic amines) is 1. The molecule has 1 spiro atoms. The van der Waals surface area contributed by atoms with Crippen LogP contribution in [0.5, 0.6) is 0 Å². The van der Waals surface area contributed by atoms with Crippen LogP contribution in [-0.4, -0.2) is 62.6 Å². The lowest BCUT2D eigenvalue weighted by Crippen LogP contribution is -2.64. The van der Waals surface area contributed by atoms with Crippen molar-refractivity contribution >= 4 is 28.7 Å². The van der Waals surface area contributed by atoms with Crippen LogP contribution in [0.3, 0.4) is 0 Å². The second-order valence-corrected chi connectivity index (χ2v) is 8.78. The van der Waals surface area contributed by atoms with Crippen LogP contribution in [0.25, 0.3) is 10.9 Å². The van der Waals surface area contributed by atoms with E-state index in [0.717, 1.165) is 30.5 Å². The van der Waals surface area contributed by atoms with Crippen molar-refractivity contribution in [1.29, 1.82) is 0 Å². The smallest absolute Gasteiger partial charge is 0.410 e. The molecule has 1 atom stereocenters. The molecule has 2 aliphatic heterocycles. The van der Waals surface area contributed by atoms with Gasteiger partial charge in [0.05, 0.1) is 11.1 Å². The topological polar surface area (TPSA) is 87.9 Å². The highest BCUT2D eigenvalue weighted by molar-refractivity contribution is 6.06. The van der Waals surface area contributed by atoms with Gasteiger partial charge in [-0.3, -0.25) is 4.68 Å². The Morgan fingerprint density at radius 2 is 1.93 bits per heavy atom. The summed E-state index contributed by atoms with van der Waals surface area (Å²) in [5.41, 5.74) is 0.933. The van der Waals surface area contributed by atoms with Crippen LogP contribution < -0.4 is 4.90 Å². The third-order valence-electron chi connectivity index (χ3n) is 5.66. The van der Waals surface area contributed by atoms with E-state index < -0.39 is 11.6 Å². The average Bonchev–Trinajstić information content (AvgIpc) is 3.15. The molecule has 2 aliphatic rings. The summed E-state index contributed by atoms with van der Waals surface area (Å²) in [5.74, 6) is -0.983. The number of anilines is 1. The monoisotopic (exact) mass is 386 g/mol. The fourth-order valence-corrected chi connectivity index (χ4v) is 4.28. The quantitative estimate of drug-likeness (QED) is 0.854. The molecule has 150 valence electrons. The first kappa shape index (κ1) is 18.6. The van der Waals surface area contributed by atoms with Gasteiger partial charge in [0.25, 0.3) is 0 Å². The van der Waals surface area contributed by atoms with Gasteiger partial charge in [-0.2, -0.15) is 5.10 Å². The first-order valence-corrected chi connectivity index (χ1v) is 9.55. The second kappa shape index (κ2) is 6.12. The molecule has 0 aliphatic carbocycles. The van der Waals surface area contributed by atoms with Crippen molar-refractivity contribution in [2.24, 2.45) is 7.05 Å². The highest BCUT2D eigenvalue weighted by atomic mass is 16.6. The van der Waals surface area contributed by atoms with Gasteiger partial charge in [0.1, 0.15) is 11.1 Å². The maximum atomic E-state index is 12.6. The van der Waals surface area contributed by atoms with Crippen molar-refractivity contribution in [3.05, 3.63) is 23.9 Å². The minimum atomic E-state index is -0.983. The zero-order valence-electron chi connectivity index (χ0n) is 16.7. The van der Waals surface area contributed by atoms with Crippen LogP contribution in [0, 0.1) is 0 Å². The molecule has 1 N–H and O–H groups in total. The number of carbonyl (C=O) groups is 2. The molecule has 8 heteroatoms. The number of aromatic nitrogens is 2. The number of aryl methyl sites for hydroxylation is 1. The normalized spacial score (nSPS) is 22.0. The number of carboxylic acid groups (broad SMARTS) is 1. The maximum absolute atomic E-state index is 12.6. The number of nitrogens with zero attached hydrogens (tertiary/aromatic N) is 4. The molecule has 3 heterocycles. The first-order valence-electron chi connectivity index (χ1n) is 9.55. The number of rotatable bonds is 2. The zero-order valence-corrected chi connectivity index (χ0v) is 16.7. The van der Waals surface area contributed by atoms with Crippen molar-refractivity contribution in [2.45, 2.75) is 44.8 Å². The summed E-state index contributed by atoms with van der Waals surface area (Å²) in [6, 6.07) is 3.47. The van der Waals surface area contributed by atoms with Gasteiger partial charge in [0.2, 0.25) is 0 Å². The maximum Gasteiger partial charge on any atom is 0.410 e. The minimum Gasteiger partial charge on any atom is -0.478 e. The van der Waals surface area contributed by atoms with Gasteiger partial charge in [0, 0.05) is 44.0 Å². The highest BCUT2D eigenvalue weighted by Crippen LogP contribution is 2.43. The molecule has 2 saturated heterocycles. The Morgan fingerprint density at radius 3 is 2.54 bits per heavy atom. The number of carbonyl (C=O) groups excluding carboxylic acids is 1. The van der Waals surface area contributed by atoms with Gasteiger partial charge < -0.3 is 19.6 Å². The van der Waals surface area contributed by atoms with Crippen LogP contribution in [0.1, 0.15) is 44.0 Å². The Labute approximate surface area is 163 Å². The van der Waals surface area contributed by atoms with E-state index in [1.807, 2.05) is 37.9 Å². The molecule has 1 aromatic heterocycles. The number of fused-ring (bicyclic) bond motifs is 1. The van der Waals surface area contributed by atoms with Gasteiger partial charge in [-0.15, -0.1) is 0 Å². The van der Waals surface area contributed by atoms with Crippen molar-refractivity contribution in [3.8, 4) is 0 Å². The molecule has 0 bridgehead atoms. The van der Waals surface area contributed by atoms with E-state index in [2.05, 4.69) is 10.00 Å².